The molecule has 1 aromatic carbocycles. The van der Waals surface area contributed by atoms with Crippen molar-refractivity contribution in [3.8, 4) is 21.7 Å². The second kappa shape index (κ2) is 8.96. The largest absolute Gasteiger partial charge is 0.383 e. The van der Waals surface area contributed by atoms with Crippen molar-refractivity contribution in [1.82, 2.24) is 25.1 Å². The number of hydrogen-bond acceptors (Lipinski definition) is 7. The minimum Gasteiger partial charge on any atom is -0.383 e. The number of aryl methyl sites for hydroxylation is 1. The Morgan fingerprint density at radius 2 is 1.91 bits per heavy atom. The summed E-state index contributed by atoms with van der Waals surface area (Å²) in [7, 11) is 3.85. The van der Waals surface area contributed by atoms with Gasteiger partial charge in [-0.25, -0.2) is 14.4 Å². The average molecular weight is 493 g/mol. The van der Waals surface area contributed by atoms with Crippen LogP contribution in [0.5, 0.6) is 0 Å². The molecule has 4 aromatic rings. The summed E-state index contributed by atoms with van der Waals surface area (Å²) in [6, 6.07) is 3.81. The molecule has 4 heterocycles. The number of hydrogen-bond donors (Lipinski definition) is 2. The van der Waals surface area contributed by atoms with E-state index in [-0.39, 0.29) is 11.6 Å². The van der Waals surface area contributed by atoms with Gasteiger partial charge in [0.25, 0.3) is 0 Å². The van der Waals surface area contributed by atoms with E-state index in [1.165, 1.54) is 4.88 Å². The van der Waals surface area contributed by atoms with E-state index in [2.05, 4.69) is 15.4 Å². The standard InChI is InChI=1S/C26H29FN6OS/c1-29-13-20-24(15-7-9-34-10-8-15)35-26(32-20)19-11-30-25(28)21-16(19)5-6-17(22(21)27)18-12-31-33(2)23(18)14-3-4-14/h5-6,11-12,14-15,29H,3-4,7-10,13H2,1-2H3,(H2,28,30). The average Bonchev–Trinajstić information content (AvgIpc) is 3.50. The van der Waals surface area contributed by atoms with Crippen LogP contribution in [0, 0.1) is 5.82 Å². The van der Waals surface area contributed by atoms with Gasteiger partial charge in [-0.15, -0.1) is 11.3 Å². The van der Waals surface area contributed by atoms with E-state index in [4.69, 9.17) is 15.5 Å². The minimum absolute atomic E-state index is 0.191. The van der Waals surface area contributed by atoms with Crippen molar-refractivity contribution < 1.29 is 9.13 Å². The third-order valence-electron chi connectivity index (χ3n) is 7.15. The summed E-state index contributed by atoms with van der Waals surface area (Å²) in [6.45, 7) is 2.23. The zero-order chi connectivity index (χ0) is 24.1. The Balaban J connectivity index is 1.48. The molecule has 35 heavy (non-hydrogen) atoms. The summed E-state index contributed by atoms with van der Waals surface area (Å²) >= 11 is 1.68. The topological polar surface area (TPSA) is 90.9 Å². The number of nitrogens with two attached hydrogens (primary N) is 1. The Labute approximate surface area is 207 Å². The molecule has 0 amide bonds. The lowest BCUT2D eigenvalue weighted by molar-refractivity contribution is 0.0858. The Morgan fingerprint density at radius 1 is 1.11 bits per heavy atom. The van der Waals surface area contributed by atoms with Gasteiger partial charge in [-0.2, -0.15) is 5.10 Å². The van der Waals surface area contributed by atoms with Crippen LogP contribution in [0.2, 0.25) is 0 Å². The van der Waals surface area contributed by atoms with E-state index in [0.29, 0.717) is 29.3 Å². The first-order chi connectivity index (χ1) is 17.1. The molecule has 7 nitrogen and oxygen atoms in total. The highest BCUT2D eigenvalue weighted by Crippen LogP contribution is 2.46. The van der Waals surface area contributed by atoms with Gasteiger partial charge in [0.15, 0.2) is 0 Å². The van der Waals surface area contributed by atoms with Crippen LogP contribution in [-0.4, -0.2) is 40.0 Å². The molecule has 182 valence electrons. The number of ether oxygens (including phenoxy) is 1. The summed E-state index contributed by atoms with van der Waals surface area (Å²) in [5.41, 5.74) is 10.6. The SMILES string of the molecule is CNCc1nc(-c2cnc(N)c3c(F)c(-c4cnn(C)c4C4CC4)ccc23)sc1C1CCOCC1. The number of halogens is 1. The lowest BCUT2D eigenvalue weighted by Gasteiger charge is -2.21. The maximum absolute atomic E-state index is 16.1. The van der Waals surface area contributed by atoms with Gasteiger partial charge < -0.3 is 15.8 Å². The lowest BCUT2D eigenvalue weighted by Crippen LogP contribution is -2.16. The fourth-order valence-electron chi connectivity index (χ4n) is 5.24. The number of benzene rings is 1. The molecular weight excluding hydrogens is 463 g/mol. The van der Waals surface area contributed by atoms with E-state index in [1.807, 2.05) is 30.9 Å². The van der Waals surface area contributed by atoms with Crippen molar-refractivity contribution in [1.29, 1.82) is 0 Å². The van der Waals surface area contributed by atoms with E-state index in [9.17, 15) is 0 Å². The van der Waals surface area contributed by atoms with Crippen LogP contribution in [0.1, 0.15) is 53.8 Å². The molecular formula is C26H29FN6OS. The van der Waals surface area contributed by atoms with E-state index in [1.54, 1.807) is 23.7 Å². The van der Waals surface area contributed by atoms with Crippen LogP contribution in [-0.2, 0) is 18.3 Å². The van der Waals surface area contributed by atoms with E-state index < -0.39 is 0 Å². The summed E-state index contributed by atoms with van der Waals surface area (Å²) in [6.07, 6.45) is 7.70. The number of aromatic nitrogens is 4. The molecule has 1 aliphatic heterocycles. The van der Waals surface area contributed by atoms with Crippen LogP contribution >= 0.6 is 11.3 Å². The number of nitrogens with zero attached hydrogens (tertiary/aromatic N) is 4. The summed E-state index contributed by atoms with van der Waals surface area (Å²) in [5, 5.41) is 9.59. The minimum atomic E-state index is -0.346. The molecule has 6 rings (SSSR count). The normalized spacial score (nSPS) is 16.9. The first-order valence-corrected chi connectivity index (χ1v) is 13.0. The summed E-state index contributed by atoms with van der Waals surface area (Å²) < 4.78 is 23.5. The van der Waals surface area contributed by atoms with Gasteiger partial charge in [0.2, 0.25) is 0 Å². The van der Waals surface area contributed by atoms with Gasteiger partial charge >= 0.3 is 0 Å². The first-order valence-electron chi connectivity index (χ1n) is 12.2. The van der Waals surface area contributed by atoms with Gasteiger partial charge in [0, 0.05) is 71.6 Å². The molecule has 1 saturated carbocycles. The Hall–Kier alpha value is -2.88. The number of pyridine rings is 1. The number of anilines is 1. The molecule has 0 atom stereocenters. The highest BCUT2D eigenvalue weighted by Gasteiger charge is 2.31. The van der Waals surface area contributed by atoms with Crippen molar-refractivity contribution in [3.05, 3.63) is 46.6 Å². The van der Waals surface area contributed by atoms with E-state index >= 15 is 4.39 Å². The molecule has 0 bridgehead atoms. The van der Waals surface area contributed by atoms with Crippen molar-refractivity contribution in [2.75, 3.05) is 26.0 Å². The predicted octanol–water partition coefficient (Wildman–Crippen LogP) is 4.97. The number of fused-ring (bicyclic) bond motifs is 1. The molecule has 0 radical (unpaired) electrons. The van der Waals surface area contributed by atoms with Crippen LogP contribution in [0.4, 0.5) is 10.2 Å². The second-order valence-electron chi connectivity index (χ2n) is 9.50. The van der Waals surface area contributed by atoms with Crippen molar-refractivity contribution in [2.45, 2.75) is 44.1 Å². The van der Waals surface area contributed by atoms with Gasteiger partial charge in [-0.3, -0.25) is 4.68 Å². The summed E-state index contributed by atoms with van der Waals surface area (Å²) in [5.74, 6) is 0.720. The van der Waals surface area contributed by atoms with Crippen molar-refractivity contribution in [3.63, 3.8) is 0 Å². The molecule has 2 aliphatic rings. The Morgan fingerprint density at radius 3 is 2.66 bits per heavy atom. The number of rotatable bonds is 6. The van der Waals surface area contributed by atoms with Gasteiger partial charge in [0.05, 0.1) is 17.3 Å². The van der Waals surface area contributed by atoms with Gasteiger partial charge in [-0.05, 0) is 38.6 Å². The summed E-state index contributed by atoms with van der Waals surface area (Å²) in [4.78, 5) is 10.7. The molecule has 9 heteroatoms. The van der Waals surface area contributed by atoms with Gasteiger partial charge in [-0.1, -0.05) is 12.1 Å². The maximum Gasteiger partial charge on any atom is 0.142 e. The molecule has 3 aromatic heterocycles. The fraction of sp³-hybridized carbons (Fsp3) is 0.423. The number of nitrogen functional groups attached to an aromatic ring is 1. The molecule has 1 aliphatic carbocycles. The Kier molecular flexibility index (Phi) is 5.78. The van der Waals surface area contributed by atoms with Gasteiger partial charge in [0.1, 0.15) is 16.6 Å². The van der Waals surface area contributed by atoms with Crippen LogP contribution in [0.25, 0.3) is 32.5 Å². The molecule has 0 unspecified atom stereocenters. The quantitative estimate of drug-likeness (QED) is 0.395. The molecule has 1 saturated heterocycles. The zero-order valence-corrected chi connectivity index (χ0v) is 20.8. The maximum atomic E-state index is 16.1. The molecule has 2 fully saturated rings. The monoisotopic (exact) mass is 492 g/mol. The molecule has 0 spiro atoms. The number of thiazole rings is 1. The highest BCUT2D eigenvalue weighted by molar-refractivity contribution is 7.15. The predicted molar refractivity (Wildman–Crippen MR) is 137 cm³/mol. The number of nitrogens with one attached hydrogen (secondary N) is 1. The smallest absolute Gasteiger partial charge is 0.142 e. The second-order valence-corrected chi connectivity index (χ2v) is 10.5. The van der Waals surface area contributed by atoms with E-state index in [0.717, 1.165) is 71.8 Å². The lowest BCUT2D eigenvalue weighted by atomic mass is 9.97. The van der Waals surface area contributed by atoms with Crippen LogP contribution < -0.4 is 11.1 Å². The van der Waals surface area contributed by atoms with Crippen molar-refractivity contribution >= 4 is 27.9 Å². The van der Waals surface area contributed by atoms with Crippen molar-refractivity contribution in [2.24, 2.45) is 7.05 Å². The highest BCUT2D eigenvalue weighted by atomic mass is 32.1. The first kappa shape index (κ1) is 22.6. The third-order valence-corrected chi connectivity index (χ3v) is 8.45. The third kappa shape index (κ3) is 3.91. The Bertz CT molecular complexity index is 1400. The zero-order valence-electron chi connectivity index (χ0n) is 20.0. The fourth-order valence-corrected chi connectivity index (χ4v) is 6.52. The van der Waals surface area contributed by atoms with Crippen LogP contribution in [0.15, 0.2) is 24.5 Å². The molecule has 3 N–H and O–H groups in total. The van der Waals surface area contributed by atoms with Crippen LogP contribution in [0.3, 0.4) is 0 Å².